The summed E-state index contributed by atoms with van der Waals surface area (Å²) >= 11 is 0. The van der Waals surface area contributed by atoms with Crippen molar-refractivity contribution in [3.05, 3.63) is 35.4 Å². The van der Waals surface area contributed by atoms with Crippen LogP contribution in [-0.4, -0.2) is 36.5 Å². The number of ether oxygens (including phenoxy) is 1. The van der Waals surface area contributed by atoms with Gasteiger partial charge in [-0.25, -0.2) is 8.78 Å². The molecule has 114 valence electrons. The molecule has 0 heterocycles. The average Bonchev–Trinajstić information content (AvgIpc) is 2.97. The van der Waals surface area contributed by atoms with Gasteiger partial charge in [0.1, 0.15) is 23.7 Å². The highest BCUT2D eigenvalue weighted by atomic mass is 19.1. The van der Waals surface area contributed by atoms with Crippen molar-refractivity contribution in [1.82, 2.24) is 4.90 Å². The van der Waals surface area contributed by atoms with E-state index < -0.39 is 29.1 Å². The maximum Gasteiger partial charge on any atom is 0.325 e. The molecule has 1 aromatic rings. The third kappa shape index (κ3) is 3.37. The number of hydrogen-bond acceptors (Lipinski definition) is 3. The number of carbonyl (C=O) groups excluding carboxylic acids is 2. The van der Waals surface area contributed by atoms with Crippen LogP contribution in [0.3, 0.4) is 0 Å². The van der Waals surface area contributed by atoms with Gasteiger partial charge in [0, 0.05) is 6.04 Å². The number of nitrogens with zero attached hydrogens (tertiary/aromatic N) is 1. The summed E-state index contributed by atoms with van der Waals surface area (Å²) < 4.78 is 32.1. The highest BCUT2D eigenvalue weighted by molar-refractivity contribution is 5.96. The van der Waals surface area contributed by atoms with Gasteiger partial charge < -0.3 is 9.64 Å². The van der Waals surface area contributed by atoms with Crippen LogP contribution < -0.4 is 0 Å². The Kier molecular flexibility index (Phi) is 4.88. The highest BCUT2D eigenvalue weighted by Crippen LogP contribution is 2.26. The van der Waals surface area contributed by atoms with Gasteiger partial charge in [0.05, 0.1) is 7.11 Å². The molecule has 0 unspecified atom stereocenters. The first-order chi connectivity index (χ1) is 10.0. The Balaban J connectivity index is 2.30. The van der Waals surface area contributed by atoms with Gasteiger partial charge in [0.2, 0.25) is 0 Å². The van der Waals surface area contributed by atoms with Crippen molar-refractivity contribution in [2.75, 3.05) is 13.7 Å². The molecule has 1 aliphatic rings. The average molecular weight is 297 g/mol. The number of methoxy groups -OCH3 is 1. The Morgan fingerprint density at radius 2 is 1.81 bits per heavy atom. The van der Waals surface area contributed by atoms with Crippen molar-refractivity contribution in [1.29, 1.82) is 0 Å². The van der Waals surface area contributed by atoms with E-state index in [0.717, 1.165) is 37.8 Å². The predicted octanol–water partition coefficient (Wildman–Crippen LogP) is 2.52. The number of benzene rings is 1. The fourth-order valence-corrected chi connectivity index (χ4v) is 2.63. The van der Waals surface area contributed by atoms with Crippen LogP contribution in [0.2, 0.25) is 0 Å². The number of hydrogen-bond donors (Lipinski definition) is 0. The Morgan fingerprint density at radius 3 is 2.33 bits per heavy atom. The van der Waals surface area contributed by atoms with Crippen molar-refractivity contribution in [2.24, 2.45) is 0 Å². The first kappa shape index (κ1) is 15.4. The molecule has 0 aromatic heterocycles. The third-order valence-electron chi connectivity index (χ3n) is 3.73. The first-order valence-corrected chi connectivity index (χ1v) is 6.86. The van der Waals surface area contributed by atoms with E-state index in [0.29, 0.717) is 0 Å². The molecule has 1 fully saturated rings. The van der Waals surface area contributed by atoms with Gasteiger partial charge in [0.25, 0.3) is 5.91 Å². The zero-order valence-electron chi connectivity index (χ0n) is 11.8. The topological polar surface area (TPSA) is 46.6 Å². The molecule has 4 nitrogen and oxygen atoms in total. The number of rotatable bonds is 4. The minimum atomic E-state index is -0.923. The van der Waals surface area contributed by atoms with Crippen LogP contribution in [0.25, 0.3) is 0 Å². The quantitative estimate of drug-likeness (QED) is 0.802. The molecule has 0 aliphatic heterocycles. The van der Waals surface area contributed by atoms with Gasteiger partial charge in [-0.2, -0.15) is 0 Å². The second-order valence-electron chi connectivity index (χ2n) is 5.04. The molecule has 0 radical (unpaired) electrons. The molecule has 6 heteroatoms. The monoisotopic (exact) mass is 297 g/mol. The van der Waals surface area contributed by atoms with E-state index in [-0.39, 0.29) is 12.6 Å². The van der Waals surface area contributed by atoms with E-state index in [2.05, 4.69) is 4.74 Å². The van der Waals surface area contributed by atoms with E-state index in [1.807, 2.05) is 0 Å². The minimum Gasteiger partial charge on any atom is -0.468 e. The normalized spacial score (nSPS) is 15.0. The molecule has 1 aliphatic carbocycles. The first-order valence-electron chi connectivity index (χ1n) is 6.86. The minimum absolute atomic E-state index is 0.185. The maximum atomic E-state index is 13.8. The molecule has 0 spiro atoms. The standard InChI is InChI=1S/C15H17F2NO3/c1-21-13(19)9-18(10-5-2-3-6-10)15(20)14-11(16)7-4-8-12(14)17/h4,7-8,10H,2-3,5-6,9H2,1H3. The molecule has 1 aromatic carbocycles. The second kappa shape index (κ2) is 6.65. The summed E-state index contributed by atoms with van der Waals surface area (Å²) in [7, 11) is 1.21. The van der Waals surface area contributed by atoms with Crippen molar-refractivity contribution in [3.63, 3.8) is 0 Å². The summed E-state index contributed by atoms with van der Waals surface area (Å²) in [6.45, 7) is -0.298. The second-order valence-corrected chi connectivity index (χ2v) is 5.04. The molecule has 2 rings (SSSR count). The molecule has 0 saturated heterocycles. The van der Waals surface area contributed by atoms with Crippen LogP contribution in [0.4, 0.5) is 8.78 Å². The Labute approximate surface area is 121 Å². The molecule has 0 N–H and O–H groups in total. The predicted molar refractivity (Wildman–Crippen MR) is 71.7 cm³/mol. The van der Waals surface area contributed by atoms with E-state index in [4.69, 9.17) is 0 Å². The lowest BCUT2D eigenvalue weighted by atomic mass is 10.1. The number of carbonyl (C=O) groups is 2. The number of halogens is 2. The number of amides is 1. The van der Waals surface area contributed by atoms with Crippen LogP contribution >= 0.6 is 0 Å². The summed E-state index contributed by atoms with van der Waals surface area (Å²) in [6.07, 6.45) is 3.29. The summed E-state index contributed by atoms with van der Waals surface area (Å²) in [6, 6.07) is 3.07. The molecule has 1 amide bonds. The van der Waals surface area contributed by atoms with Gasteiger partial charge in [-0.15, -0.1) is 0 Å². The Hall–Kier alpha value is -1.98. The summed E-state index contributed by atoms with van der Waals surface area (Å²) in [5.41, 5.74) is -0.617. The van der Waals surface area contributed by atoms with Gasteiger partial charge in [0.15, 0.2) is 0 Å². The van der Waals surface area contributed by atoms with Crippen LogP contribution in [-0.2, 0) is 9.53 Å². The Morgan fingerprint density at radius 1 is 1.24 bits per heavy atom. The van der Waals surface area contributed by atoms with Gasteiger partial charge in [-0.3, -0.25) is 9.59 Å². The molecule has 1 saturated carbocycles. The summed E-state index contributed by atoms with van der Waals surface area (Å²) in [4.78, 5) is 25.2. The van der Waals surface area contributed by atoms with Crippen LogP contribution in [0.1, 0.15) is 36.0 Å². The number of esters is 1. The smallest absolute Gasteiger partial charge is 0.325 e. The summed E-state index contributed by atoms with van der Waals surface area (Å²) in [5.74, 6) is -3.25. The van der Waals surface area contributed by atoms with E-state index in [1.54, 1.807) is 0 Å². The van der Waals surface area contributed by atoms with Crippen LogP contribution in [0, 0.1) is 11.6 Å². The third-order valence-corrected chi connectivity index (χ3v) is 3.73. The Bertz CT molecular complexity index is 521. The highest BCUT2D eigenvalue weighted by Gasteiger charge is 2.32. The van der Waals surface area contributed by atoms with Crippen molar-refractivity contribution < 1.29 is 23.1 Å². The lowest BCUT2D eigenvalue weighted by molar-refractivity contribution is -0.141. The van der Waals surface area contributed by atoms with Gasteiger partial charge in [-0.05, 0) is 25.0 Å². The van der Waals surface area contributed by atoms with Crippen molar-refractivity contribution in [2.45, 2.75) is 31.7 Å². The molecule has 0 bridgehead atoms. The molecule has 21 heavy (non-hydrogen) atoms. The lowest BCUT2D eigenvalue weighted by Crippen LogP contribution is -2.43. The lowest BCUT2D eigenvalue weighted by Gasteiger charge is -2.28. The maximum absolute atomic E-state index is 13.8. The summed E-state index contributed by atoms with van der Waals surface area (Å²) in [5, 5.41) is 0. The van der Waals surface area contributed by atoms with E-state index in [1.165, 1.54) is 18.1 Å². The van der Waals surface area contributed by atoms with Crippen LogP contribution in [0.15, 0.2) is 18.2 Å². The zero-order valence-corrected chi connectivity index (χ0v) is 11.8. The fraction of sp³-hybridized carbons (Fsp3) is 0.467. The van der Waals surface area contributed by atoms with Crippen molar-refractivity contribution in [3.8, 4) is 0 Å². The zero-order chi connectivity index (χ0) is 15.4. The molecular weight excluding hydrogens is 280 g/mol. The molecule has 0 atom stereocenters. The van der Waals surface area contributed by atoms with Crippen LogP contribution in [0.5, 0.6) is 0 Å². The van der Waals surface area contributed by atoms with E-state index >= 15 is 0 Å². The van der Waals surface area contributed by atoms with Gasteiger partial charge >= 0.3 is 5.97 Å². The SMILES string of the molecule is COC(=O)CN(C(=O)c1c(F)cccc1F)C1CCCC1. The fourth-order valence-electron chi connectivity index (χ4n) is 2.63. The van der Waals surface area contributed by atoms with Gasteiger partial charge in [-0.1, -0.05) is 18.9 Å². The molecular formula is C15H17F2NO3. The van der Waals surface area contributed by atoms with E-state index in [9.17, 15) is 18.4 Å². The van der Waals surface area contributed by atoms with Crippen molar-refractivity contribution >= 4 is 11.9 Å². The largest absolute Gasteiger partial charge is 0.468 e.